The van der Waals surface area contributed by atoms with Crippen molar-refractivity contribution in [1.82, 2.24) is 24.8 Å². The van der Waals surface area contributed by atoms with E-state index in [1.165, 1.54) is 10.9 Å². The molecule has 10 nitrogen and oxygen atoms in total. The van der Waals surface area contributed by atoms with Crippen molar-refractivity contribution in [2.45, 2.75) is 38.2 Å². The highest BCUT2D eigenvalue weighted by atomic mass is 16.5. The highest BCUT2D eigenvalue weighted by molar-refractivity contribution is 5.94. The number of nitrogens with zero attached hydrogens (tertiary/aromatic N) is 4. The van der Waals surface area contributed by atoms with E-state index in [0.29, 0.717) is 30.2 Å². The highest BCUT2D eigenvalue weighted by Crippen LogP contribution is 2.29. The highest BCUT2D eigenvalue weighted by Gasteiger charge is 2.34. The molecule has 1 aliphatic heterocycles. The molecule has 10 heteroatoms. The van der Waals surface area contributed by atoms with Gasteiger partial charge in [-0.15, -0.1) is 0 Å². The first-order chi connectivity index (χ1) is 14.6. The molecule has 3 N–H and O–H groups in total. The Balaban J connectivity index is 1.63. The Kier molecular flexibility index (Phi) is 4.72. The summed E-state index contributed by atoms with van der Waals surface area (Å²) in [6, 6.07) is 5.40. The number of hydrogen-bond donors (Lipinski definition) is 3. The second-order valence-electron chi connectivity index (χ2n) is 7.47. The van der Waals surface area contributed by atoms with E-state index in [1.807, 2.05) is 25.2 Å². The summed E-state index contributed by atoms with van der Waals surface area (Å²) in [7, 11) is 3.45. The van der Waals surface area contributed by atoms with Gasteiger partial charge < -0.3 is 25.4 Å². The molecule has 5 rings (SSSR count). The zero-order valence-electron chi connectivity index (χ0n) is 16.8. The summed E-state index contributed by atoms with van der Waals surface area (Å²) in [5.74, 6) is 0.585. The SMILES string of the molecule is CNc1cc2nc3c1ncn3C(=O)N[C@@H]1CC[C@H]1OCc1cc(cc(COC)n1)N2. The number of fused-ring (bicyclic) bond motifs is 4. The van der Waals surface area contributed by atoms with E-state index >= 15 is 0 Å². The summed E-state index contributed by atoms with van der Waals surface area (Å²) in [5.41, 5.74) is 4.29. The van der Waals surface area contributed by atoms with Gasteiger partial charge in [-0.2, -0.15) is 0 Å². The van der Waals surface area contributed by atoms with Crippen molar-refractivity contribution in [2.75, 3.05) is 24.8 Å². The number of hydrogen-bond acceptors (Lipinski definition) is 8. The number of pyridine rings is 2. The van der Waals surface area contributed by atoms with E-state index in [2.05, 4.69) is 30.9 Å². The van der Waals surface area contributed by atoms with Gasteiger partial charge in [0, 0.05) is 25.9 Å². The number of methoxy groups -OCH3 is 1. The smallest absolute Gasteiger partial charge is 0.328 e. The minimum atomic E-state index is -0.265. The van der Waals surface area contributed by atoms with Crippen LogP contribution in [0.4, 0.5) is 22.0 Å². The van der Waals surface area contributed by atoms with Crippen molar-refractivity contribution < 1.29 is 14.3 Å². The Hall–Kier alpha value is -3.24. The van der Waals surface area contributed by atoms with Gasteiger partial charge >= 0.3 is 6.03 Å². The van der Waals surface area contributed by atoms with Crippen LogP contribution in [-0.4, -0.2) is 51.9 Å². The van der Waals surface area contributed by atoms with Crippen molar-refractivity contribution in [3.63, 3.8) is 0 Å². The number of rotatable bonds is 3. The lowest BCUT2D eigenvalue weighted by Gasteiger charge is -2.36. The molecule has 1 amide bonds. The summed E-state index contributed by atoms with van der Waals surface area (Å²) in [6.45, 7) is 0.749. The summed E-state index contributed by atoms with van der Waals surface area (Å²) in [6.07, 6.45) is 3.21. The van der Waals surface area contributed by atoms with Gasteiger partial charge in [-0.05, 0) is 25.0 Å². The molecule has 2 atom stereocenters. The summed E-state index contributed by atoms with van der Waals surface area (Å²) < 4.78 is 12.8. The van der Waals surface area contributed by atoms with E-state index in [-0.39, 0.29) is 18.2 Å². The van der Waals surface area contributed by atoms with E-state index in [9.17, 15) is 4.79 Å². The molecule has 3 aromatic rings. The molecular weight excluding hydrogens is 386 g/mol. The standard InChI is InChI=1S/C20H23N7O3/c1-21-15-7-17-24-11-5-12(8-29-2)23-13(6-11)9-30-16-4-3-14(16)25-20(28)27-10-22-18(15)19(27)26-17/h5-7,10,14,16H,3-4,8-9H2,1-2H3,(H,25,28)(H2,21,24,26)/t14-,16-/m1/s1. The summed E-state index contributed by atoms with van der Waals surface area (Å²) in [4.78, 5) is 26.6. The van der Waals surface area contributed by atoms with Crippen LogP contribution in [0.3, 0.4) is 0 Å². The molecule has 0 radical (unpaired) electrons. The minimum Gasteiger partial charge on any atom is -0.386 e. The number of nitrogens with one attached hydrogen (secondary N) is 3. The quantitative estimate of drug-likeness (QED) is 0.604. The van der Waals surface area contributed by atoms with Crippen LogP contribution in [0.5, 0.6) is 0 Å². The number of carbonyl (C=O) groups is 1. The van der Waals surface area contributed by atoms with Crippen LogP contribution in [0, 0.1) is 0 Å². The van der Waals surface area contributed by atoms with E-state index in [0.717, 1.165) is 35.6 Å². The number of ether oxygens (including phenoxy) is 2. The monoisotopic (exact) mass is 409 g/mol. The lowest BCUT2D eigenvalue weighted by Crippen LogP contribution is -2.52. The lowest BCUT2D eigenvalue weighted by atomic mass is 9.89. The molecule has 4 bridgehead atoms. The molecule has 156 valence electrons. The fourth-order valence-electron chi connectivity index (χ4n) is 3.81. The summed E-state index contributed by atoms with van der Waals surface area (Å²) in [5, 5.41) is 9.49. The van der Waals surface area contributed by atoms with Gasteiger partial charge in [-0.1, -0.05) is 0 Å². The van der Waals surface area contributed by atoms with Crippen molar-refractivity contribution in [1.29, 1.82) is 0 Å². The van der Waals surface area contributed by atoms with Crippen molar-refractivity contribution in [3.8, 4) is 0 Å². The van der Waals surface area contributed by atoms with E-state index in [4.69, 9.17) is 9.47 Å². The average Bonchev–Trinajstić information content (AvgIpc) is 3.14. The maximum Gasteiger partial charge on any atom is 0.328 e. The van der Waals surface area contributed by atoms with Crippen molar-refractivity contribution in [3.05, 3.63) is 35.9 Å². The molecule has 0 aromatic carbocycles. The van der Waals surface area contributed by atoms with Crippen molar-refractivity contribution >= 4 is 34.4 Å². The topological polar surface area (TPSA) is 115 Å². The maximum absolute atomic E-state index is 12.9. The van der Waals surface area contributed by atoms with Gasteiger partial charge in [0.2, 0.25) is 0 Å². The lowest BCUT2D eigenvalue weighted by molar-refractivity contribution is -0.0336. The Morgan fingerprint density at radius 1 is 1.30 bits per heavy atom. The zero-order chi connectivity index (χ0) is 20.7. The molecule has 3 aromatic heterocycles. The molecule has 30 heavy (non-hydrogen) atoms. The predicted octanol–water partition coefficient (Wildman–Crippen LogP) is 2.38. The Morgan fingerprint density at radius 3 is 2.97 bits per heavy atom. The average molecular weight is 409 g/mol. The molecule has 0 spiro atoms. The van der Waals surface area contributed by atoms with Gasteiger partial charge in [-0.3, -0.25) is 4.98 Å². The number of imidazole rings is 1. The van der Waals surface area contributed by atoms with E-state index < -0.39 is 0 Å². The number of carbonyl (C=O) groups excluding carboxylic acids is 1. The zero-order valence-corrected chi connectivity index (χ0v) is 16.8. The Bertz CT molecular complexity index is 1110. The molecule has 1 aliphatic carbocycles. The first-order valence-corrected chi connectivity index (χ1v) is 9.88. The number of aromatic nitrogens is 4. The maximum atomic E-state index is 12.9. The molecular formula is C20H23N7O3. The van der Waals surface area contributed by atoms with Crippen LogP contribution >= 0.6 is 0 Å². The Morgan fingerprint density at radius 2 is 2.20 bits per heavy atom. The van der Waals surface area contributed by atoms with Gasteiger partial charge in [-0.25, -0.2) is 19.3 Å². The molecule has 1 fully saturated rings. The fraction of sp³-hybridized carbons (Fsp3) is 0.400. The third kappa shape index (κ3) is 3.33. The largest absolute Gasteiger partial charge is 0.386 e. The second kappa shape index (κ2) is 7.54. The first kappa shape index (κ1) is 18.8. The molecule has 1 saturated carbocycles. The molecule has 0 saturated heterocycles. The summed E-state index contributed by atoms with van der Waals surface area (Å²) >= 11 is 0. The van der Waals surface area contributed by atoms with Crippen LogP contribution in [0.2, 0.25) is 0 Å². The van der Waals surface area contributed by atoms with Gasteiger partial charge in [0.25, 0.3) is 0 Å². The second-order valence-corrected chi connectivity index (χ2v) is 7.47. The van der Waals surface area contributed by atoms with Gasteiger partial charge in [0.15, 0.2) is 5.65 Å². The van der Waals surface area contributed by atoms with Crippen LogP contribution in [0.1, 0.15) is 24.2 Å². The van der Waals surface area contributed by atoms with Gasteiger partial charge in [0.1, 0.15) is 17.7 Å². The number of amides is 1. The van der Waals surface area contributed by atoms with Gasteiger partial charge in [0.05, 0.1) is 42.4 Å². The van der Waals surface area contributed by atoms with Crippen LogP contribution < -0.4 is 16.0 Å². The number of anilines is 3. The third-order valence-electron chi connectivity index (χ3n) is 5.45. The molecule has 2 aliphatic rings. The molecule has 4 heterocycles. The van der Waals surface area contributed by atoms with Crippen LogP contribution in [-0.2, 0) is 22.7 Å². The predicted molar refractivity (Wildman–Crippen MR) is 111 cm³/mol. The third-order valence-corrected chi connectivity index (χ3v) is 5.45. The van der Waals surface area contributed by atoms with E-state index in [1.54, 1.807) is 7.11 Å². The Labute approximate surface area is 173 Å². The first-order valence-electron chi connectivity index (χ1n) is 9.88. The van der Waals surface area contributed by atoms with Crippen LogP contribution in [0.25, 0.3) is 11.2 Å². The fourth-order valence-corrected chi connectivity index (χ4v) is 3.81. The van der Waals surface area contributed by atoms with Crippen molar-refractivity contribution in [2.24, 2.45) is 0 Å². The normalized spacial score (nSPS) is 20.7. The van der Waals surface area contributed by atoms with Crippen LogP contribution in [0.15, 0.2) is 24.5 Å². The molecule has 0 unspecified atom stereocenters. The minimum absolute atomic E-state index is 0.0487.